The normalized spacial score (nSPS) is 12.5. The van der Waals surface area contributed by atoms with Crippen LogP contribution in [0, 0.1) is 0 Å². The first-order chi connectivity index (χ1) is 6.08. The van der Waals surface area contributed by atoms with Gasteiger partial charge in [0.15, 0.2) is 3.92 Å². The summed E-state index contributed by atoms with van der Waals surface area (Å²) >= 11 is 4.72. The van der Waals surface area contributed by atoms with Gasteiger partial charge in [0.25, 0.3) is 0 Å². The highest BCUT2D eigenvalue weighted by Gasteiger charge is 2.08. The molecule has 6 heteroatoms. The summed E-state index contributed by atoms with van der Waals surface area (Å²) < 4.78 is 0.775. The van der Waals surface area contributed by atoms with E-state index in [1.54, 1.807) is 0 Å². The Labute approximate surface area is 88.9 Å². The van der Waals surface area contributed by atoms with Crippen molar-refractivity contribution in [2.45, 2.75) is 26.3 Å². The number of halogens is 1. The highest BCUT2D eigenvalue weighted by Crippen LogP contribution is 2.16. The van der Waals surface area contributed by atoms with Crippen LogP contribution in [0.25, 0.3) is 0 Å². The molecule has 0 aliphatic rings. The van der Waals surface area contributed by atoms with Crippen molar-refractivity contribution in [3.8, 4) is 0 Å². The number of carbonyl (C=O) groups excluding carboxylic acids is 1. The summed E-state index contributed by atoms with van der Waals surface area (Å²) in [5.41, 5.74) is 0. The van der Waals surface area contributed by atoms with Crippen molar-refractivity contribution in [3.05, 3.63) is 8.92 Å². The molecule has 1 aromatic rings. The first kappa shape index (κ1) is 10.6. The van der Waals surface area contributed by atoms with Gasteiger partial charge in [-0.1, -0.05) is 11.3 Å². The van der Waals surface area contributed by atoms with Crippen molar-refractivity contribution in [3.63, 3.8) is 0 Å². The van der Waals surface area contributed by atoms with E-state index in [1.807, 2.05) is 6.92 Å². The molecule has 1 heterocycles. The molecule has 1 unspecified atom stereocenters. The molecule has 0 aliphatic heterocycles. The molecule has 1 aromatic heterocycles. The van der Waals surface area contributed by atoms with Crippen LogP contribution in [0.4, 0.5) is 0 Å². The highest BCUT2D eigenvalue weighted by atomic mass is 79.9. The zero-order valence-electron chi connectivity index (χ0n) is 7.37. The Morgan fingerprint density at radius 2 is 2.38 bits per heavy atom. The average molecular weight is 264 g/mol. The Kier molecular flexibility index (Phi) is 3.80. The minimum absolute atomic E-state index is 0.0175. The van der Waals surface area contributed by atoms with Crippen LogP contribution in [0.1, 0.15) is 18.9 Å². The third-order valence-electron chi connectivity index (χ3n) is 1.37. The van der Waals surface area contributed by atoms with Gasteiger partial charge in [0.2, 0.25) is 5.91 Å². The smallest absolute Gasteiger partial charge is 0.217 e. The molecule has 0 aromatic carbocycles. The lowest BCUT2D eigenvalue weighted by Crippen LogP contribution is -2.31. The number of amides is 1. The third kappa shape index (κ3) is 3.82. The Bertz CT molecular complexity index is 302. The molecular formula is C7H10BrN3OS. The molecule has 1 atom stereocenters. The molecule has 0 radical (unpaired) electrons. The Hall–Kier alpha value is -0.490. The fourth-order valence-corrected chi connectivity index (χ4v) is 2.31. The monoisotopic (exact) mass is 263 g/mol. The van der Waals surface area contributed by atoms with Crippen molar-refractivity contribution in [1.82, 2.24) is 15.5 Å². The predicted molar refractivity (Wildman–Crippen MR) is 54.6 cm³/mol. The topological polar surface area (TPSA) is 54.9 Å². The SMILES string of the molecule is CC(=O)NC(C)Cc1nnc(Br)s1. The van der Waals surface area contributed by atoms with E-state index in [4.69, 9.17) is 0 Å². The van der Waals surface area contributed by atoms with Gasteiger partial charge in [-0.05, 0) is 22.9 Å². The van der Waals surface area contributed by atoms with Gasteiger partial charge in [-0.15, -0.1) is 10.2 Å². The summed E-state index contributed by atoms with van der Waals surface area (Å²) in [4.78, 5) is 10.7. The van der Waals surface area contributed by atoms with Gasteiger partial charge >= 0.3 is 0 Å². The van der Waals surface area contributed by atoms with Gasteiger partial charge in [-0.25, -0.2) is 0 Å². The maximum absolute atomic E-state index is 10.7. The molecule has 1 rings (SSSR count). The van der Waals surface area contributed by atoms with Crippen LogP contribution < -0.4 is 5.32 Å². The fourth-order valence-electron chi connectivity index (χ4n) is 0.976. The molecule has 0 saturated heterocycles. The maximum Gasteiger partial charge on any atom is 0.217 e. The van der Waals surface area contributed by atoms with E-state index in [-0.39, 0.29) is 11.9 Å². The minimum atomic E-state index is -0.0175. The summed E-state index contributed by atoms with van der Waals surface area (Å²) in [5.74, 6) is -0.0175. The van der Waals surface area contributed by atoms with Gasteiger partial charge in [0.1, 0.15) is 5.01 Å². The number of carbonyl (C=O) groups is 1. The molecule has 72 valence electrons. The second-order valence-corrected chi connectivity index (χ2v) is 5.09. The van der Waals surface area contributed by atoms with Crippen molar-refractivity contribution < 1.29 is 4.79 Å². The van der Waals surface area contributed by atoms with Crippen LogP contribution in [0.3, 0.4) is 0 Å². The number of hydrogen-bond acceptors (Lipinski definition) is 4. The Balaban J connectivity index is 2.44. The molecule has 0 bridgehead atoms. The van der Waals surface area contributed by atoms with Crippen molar-refractivity contribution in [1.29, 1.82) is 0 Å². The third-order valence-corrected chi connectivity index (χ3v) is 2.75. The fraction of sp³-hybridized carbons (Fsp3) is 0.571. The number of nitrogens with zero attached hydrogens (tertiary/aromatic N) is 2. The van der Waals surface area contributed by atoms with Crippen molar-refractivity contribution >= 4 is 33.2 Å². The first-order valence-corrected chi connectivity index (χ1v) is 5.44. The minimum Gasteiger partial charge on any atom is -0.353 e. The van der Waals surface area contributed by atoms with Gasteiger partial charge < -0.3 is 5.32 Å². The molecule has 0 saturated carbocycles. The Morgan fingerprint density at radius 1 is 1.69 bits per heavy atom. The lowest BCUT2D eigenvalue weighted by Gasteiger charge is -2.08. The number of hydrogen-bond donors (Lipinski definition) is 1. The second kappa shape index (κ2) is 4.66. The van der Waals surface area contributed by atoms with Crippen LogP contribution >= 0.6 is 27.3 Å². The summed E-state index contributed by atoms with van der Waals surface area (Å²) in [7, 11) is 0. The van der Waals surface area contributed by atoms with E-state index in [1.165, 1.54) is 18.3 Å². The first-order valence-electron chi connectivity index (χ1n) is 3.83. The van der Waals surface area contributed by atoms with Crippen LogP contribution in [0.5, 0.6) is 0 Å². The van der Waals surface area contributed by atoms with Gasteiger partial charge in [0, 0.05) is 19.4 Å². The summed E-state index contributed by atoms with van der Waals surface area (Å²) in [6.45, 7) is 3.45. The molecule has 4 nitrogen and oxygen atoms in total. The van der Waals surface area contributed by atoms with E-state index >= 15 is 0 Å². The quantitative estimate of drug-likeness (QED) is 0.897. The van der Waals surface area contributed by atoms with Gasteiger partial charge in [-0.3, -0.25) is 4.79 Å². The van der Waals surface area contributed by atoms with Crippen LogP contribution in [0.15, 0.2) is 3.92 Å². The van der Waals surface area contributed by atoms with Gasteiger partial charge in [0.05, 0.1) is 0 Å². The Morgan fingerprint density at radius 3 is 2.85 bits per heavy atom. The van der Waals surface area contributed by atoms with Crippen LogP contribution in [-0.4, -0.2) is 22.1 Å². The predicted octanol–water partition coefficient (Wildman–Crippen LogP) is 1.37. The van der Waals surface area contributed by atoms with E-state index in [0.717, 1.165) is 15.3 Å². The lowest BCUT2D eigenvalue weighted by molar-refractivity contribution is -0.119. The van der Waals surface area contributed by atoms with Crippen LogP contribution in [-0.2, 0) is 11.2 Å². The molecule has 13 heavy (non-hydrogen) atoms. The number of nitrogens with one attached hydrogen (secondary N) is 1. The molecule has 1 amide bonds. The van der Waals surface area contributed by atoms with E-state index in [0.29, 0.717) is 0 Å². The largest absolute Gasteiger partial charge is 0.353 e. The van der Waals surface area contributed by atoms with E-state index in [2.05, 4.69) is 31.4 Å². The van der Waals surface area contributed by atoms with E-state index < -0.39 is 0 Å². The summed E-state index contributed by atoms with van der Waals surface area (Å²) in [6.07, 6.45) is 0.725. The molecular weight excluding hydrogens is 254 g/mol. The standard InChI is InChI=1S/C7H10BrN3OS/c1-4(9-5(2)12)3-6-10-11-7(8)13-6/h4H,3H2,1-2H3,(H,9,12). The van der Waals surface area contributed by atoms with Crippen molar-refractivity contribution in [2.24, 2.45) is 0 Å². The average Bonchev–Trinajstić information content (AvgIpc) is 2.33. The zero-order chi connectivity index (χ0) is 9.84. The molecule has 0 aliphatic carbocycles. The zero-order valence-corrected chi connectivity index (χ0v) is 9.78. The number of aromatic nitrogens is 2. The molecule has 1 N–H and O–H groups in total. The van der Waals surface area contributed by atoms with Crippen molar-refractivity contribution in [2.75, 3.05) is 0 Å². The number of rotatable bonds is 3. The highest BCUT2D eigenvalue weighted by molar-refractivity contribution is 9.11. The summed E-state index contributed by atoms with van der Waals surface area (Å²) in [5, 5.41) is 11.5. The van der Waals surface area contributed by atoms with Crippen LogP contribution in [0.2, 0.25) is 0 Å². The van der Waals surface area contributed by atoms with E-state index in [9.17, 15) is 4.79 Å². The van der Waals surface area contributed by atoms with Gasteiger partial charge in [-0.2, -0.15) is 0 Å². The maximum atomic E-state index is 10.7. The summed E-state index contributed by atoms with van der Waals surface area (Å²) in [6, 6.07) is 0.109. The molecule has 0 fully saturated rings. The second-order valence-electron chi connectivity index (χ2n) is 2.75. The molecule has 0 spiro atoms. The lowest BCUT2D eigenvalue weighted by atomic mass is 10.2.